The Morgan fingerprint density at radius 3 is 2.05 bits per heavy atom. The number of nitrogens with one attached hydrogen (secondary N) is 1. The molecule has 1 fully saturated rings. The SMILES string of the molecule is COc1cc(C)c(C(NN)C2C(C)(C)C2(C)C)cc1C. The summed E-state index contributed by atoms with van der Waals surface area (Å²) in [6.45, 7) is 13.5. The van der Waals surface area contributed by atoms with Crippen LogP contribution in [0.3, 0.4) is 0 Å². The fourth-order valence-corrected chi connectivity index (χ4v) is 3.81. The van der Waals surface area contributed by atoms with Crippen molar-refractivity contribution in [3.8, 4) is 5.75 Å². The van der Waals surface area contributed by atoms with Gasteiger partial charge in [0.05, 0.1) is 13.2 Å². The third-order valence-corrected chi connectivity index (χ3v) is 5.76. The van der Waals surface area contributed by atoms with Crippen molar-refractivity contribution < 1.29 is 4.74 Å². The molecule has 1 saturated carbocycles. The molecule has 0 saturated heterocycles. The highest BCUT2D eigenvalue weighted by Crippen LogP contribution is 2.72. The summed E-state index contributed by atoms with van der Waals surface area (Å²) < 4.78 is 5.40. The molecule has 20 heavy (non-hydrogen) atoms. The molecule has 3 heteroatoms. The standard InChI is InChI=1S/C17H28N2O/c1-10-9-13(20-7)11(2)8-12(10)14(19-18)15-16(3,4)17(15,5)6/h8-9,14-15,19H,18H2,1-7H3. The molecule has 1 unspecified atom stereocenters. The topological polar surface area (TPSA) is 47.3 Å². The molecule has 1 atom stereocenters. The normalized spacial score (nSPS) is 21.6. The smallest absolute Gasteiger partial charge is 0.122 e. The monoisotopic (exact) mass is 276 g/mol. The van der Waals surface area contributed by atoms with Gasteiger partial charge in [-0.15, -0.1) is 0 Å². The van der Waals surface area contributed by atoms with E-state index >= 15 is 0 Å². The zero-order valence-electron chi connectivity index (χ0n) is 13.8. The number of ether oxygens (including phenoxy) is 1. The maximum absolute atomic E-state index is 5.90. The summed E-state index contributed by atoms with van der Waals surface area (Å²) in [5.74, 6) is 7.37. The second-order valence-electron chi connectivity index (χ2n) is 7.24. The lowest BCUT2D eigenvalue weighted by molar-refractivity contribution is 0.404. The molecule has 0 radical (unpaired) electrons. The molecule has 0 spiro atoms. The fourth-order valence-electron chi connectivity index (χ4n) is 3.81. The van der Waals surface area contributed by atoms with Crippen LogP contribution >= 0.6 is 0 Å². The minimum absolute atomic E-state index is 0.185. The zero-order valence-corrected chi connectivity index (χ0v) is 13.8. The molecule has 3 N–H and O–H groups in total. The summed E-state index contributed by atoms with van der Waals surface area (Å²) in [6, 6.07) is 4.50. The van der Waals surface area contributed by atoms with Gasteiger partial charge in [-0.25, -0.2) is 0 Å². The van der Waals surface area contributed by atoms with E-state index in [2.05, 4.69) is 59.1 Å². The van der Waals surface area contributed by atoms with Crippen LogP contribution in [0.25, 0.3) is 0 Å². The molecule has 2 rings (SSSR count). The summed E-state index contributed by atoms with van der Waals surface area (Å²) in [5.41, 5.74) is 7.32. The van der Waals surface area contributed by atoms with E-state index in [-0.39, 0.29) is 6.04 Å². The first kappa shape index (κ1) is 15.3. The van der Waals surface area contributed by atoms with Gasteiger partial charge < -0.3 is 4.74 Å². The molecule has 1 aromatic carbocycles. The van der Waals surface area contributed by atoms with Gasteiger partial charge in [0.25, 0.3) is 0 Å². The quantitative estimate of drug-likeness (QED) is 0.653. The van der Waals surface area contributed by atoms with Gasteiger partial charge in [-0.05, 0) is 53.4 Å². The molecule has 0 amide bonds. The van der Waals surface area contributed by atoms with Crippen LogP contribution in [0.1, 0.15) is 50.4 Å². The van der Waals surface area contributed by atoms with Crippen molar-refractivity contribution in [2.24, 2.45) is 22.6 Å². The Balaban J connectivity index is 2.42. The number of hydrogen-bond donors (Lipinski definition) is 2. The number of hydrogen-bond acceptors (Lipinski definition) is 3. The molecule has 0 aliphatic heterocycles. The Kier molecular flexibility index (Phi) is 3.64. The predicted molar refractivity (Wildman–Crippen MR) is 83.6 cm³/mol. The highest BCUT2D eigenvalue weighted by atomic mass is 16.5. The van der Waals surface area contributed by atoms with Gasteiger partial charge in [-0.3, -0.25) is 11.3 Å². The summed E-state index contributed by atoms with van der Waals surface area (Å²) in [5, 5.41) is 0. The molecule has 1 aliphatic carbocycles. The van der Waals surface area contributed by atoms with Gasteiger partial charge in [0, 0.05) is 0 Å². The average molecular weight is 276 g/mol. The van der Waals surface area contributed by atoms with E-state index in [9.17, 15) is 0 Å². The Labute approximate surface area is 122 Å². The molecule has 0 heterocycles. The number of nitrogens with two attached hydrogens (primary N) is 1. The highest BCUT2D eigenvalue weighted by molar-refractivity contribution is 5.44. The number of rotatable bonds is 4. The van der Waals surface area contributed by atoms with Gasteiger partial charge in [0.15, 0.2) is 0 Å². The van der Waals surface area contributed by atoms with E-state index in [1.54, 1.807) is 7.11 Å². The van der Waals surface area contributed by atoms with Gasteiger partial charge >= 0.3 is 0 Å². The first-order valence-electron chi connectivity index (χ1n) is 7.29. The number of methoxy groups -OCH3 is 1. The van der Waals surface area contributed by atoms with E-state index in [1.807, 2.05) is 0 Å². The van der Waals surface area contributed by atoms with E-state index in [0.29, 0.717) is 16.7 Å². The minimum Gasteiger partial charge on any atom is -0.496 e. The van der Waals surface area contributed by atoms with Crippen LogP contribution in [-0.4, -0.2) is 7.11 Å². The van der Waals surface area contributed by atoms with E-state index in [1.165, 1.54) is 11.1 Å². The van der Waals surface area contributed by atoms with Crippen molar-refractivity contribution in [2.45, 2.75) is 47.6 Å². The van der Waals surface area contributed by atoms with Gasteiger partial charge in [0.1, 0.15) is 5.75 Å². The van der Waals surface area contributed by atoms with Crippen molar-refractivity contribution in [3.63, 3.8) is 0 Å². The van der Waals surface area contributed by atoms with Crippen LogP contribution in [-0.2, 0) is 0 Å². The summed E-state index contributed by atoms with van der Waals surface area (Å²) in [6.07, 6.45) is 0. The summed E-state index contributed by atoms with van der Waals surface area (Å²) in [7, 11) is 1.72. The Hall–Kier alpha value is -1.06. The molecule has 112 valence electrons. The maximum Gasteiger partial charge on any atom is 0.122 e. The minimum atomic E-state index is 0.185. The van der Waals surface area contributed by atoms with E-state index in [0.717, 1.165) is 11.3 Å². The lowest BCUT2D eigenvalue weighted by Crippen LogP contribution is -2.32. The molecular weight excluding hydrogens is 248 g/mol. The largest absolute Gasteiger partial charge is 0.496 e. The highest BCUT2D eigenvalue weighted by Gasteiger charge is 2.67. The molecule has 0 bridgehead atoms. The lowest BCUT2D eigenvalue weighted by Gasteiger charge is -2.22. The molecule has 1 aliphatic rings. The van der Waals surface area contributed by atoms with Crippen LogP contribution in [0.2, 0.25) is 0 Å². The van der Waals surface area contributed by atoms with Crippen molar-refractivity contribution in [1.82, 2.24) is 5.43 Å². The van der Waals surface area contributed by atoms with Crippen molar-refractivity contribution >= 4 is 0 Å². The Morgan fingerprint density at radius 2 is 1.65 bits per heavy atom. The third-order valence-electron chi connectivity index (χ3n) is 5.76. The first-order valence-corrected chi connectivity index (χ1v) is 7.29. The zero-order chi connectivity index (χ0) is 15.3. The third kappa shape index (κ3) is 2.04. The van der Waals surface area contributed by atoms with Crippen molar-refractivity contribution in [3.05, 3.63) is 28.8 Å². The van der Waals surface area contributed by atoms with Crippen LogP contribution in [0.5, 0.6) is 5.75 Å². The second kappa shape index (κ2) is 4.74. The van der Waals surface area contributed by atoms with Gasteiger partial charge in [0.2, 0.25) is 0 Å². The maximum atomic E-state index is 5.90. The van der Waals surface area contributed by atoms with Crippen LogP contribution < -0.4 is 16.0 Å². The van der Waals surface area contributed by atoms with E-state index < -0.39 is 0 Å². The summed E-state index contributed by atoms with van der Waals surface area (Å²) in [4.78, 5) is 0. The van der Waals surface area contributed by atoms with Gasteiger partial charge in [-0.2, -0.15) is 0 Å². The second-order valence-corrected chi connectivity index (χ2v) is 7.24. The predicted octanol–water partition coefficient (Wildman–Crippen LogP) is 3.50. The summed E-state index contributed by atoms with van der Waals surface area (Å²) >= 11 is 0. The van der Waals surface area contributed by atoms with E-state index in [4.69, 9.17) is 10.6 Å². The Morgan fingerprint density at radius 1 is 1.10 bits per heavy atom. The van der Waals surface area contributed by atoms with Crippen LogP contribution in [0.4, 0.5) is 0 Å². The molecular formula is C17H28N2O. The fraction of sp³-hybridized carbons (Fsp3) is 0.647. The molecule has 3 nitrogen and oxygen atoms in total. The van der Waals surface area contributed by atoms with Crippen LogP contribution in [0, 0.1) is 30.6 Å². The molecule has 0 aromatic heterocycles. The van der Waals surface area contributed by atoms with Gasteiger partial charge in [-0.1, -0.05) is 33.8 Å². The first-order chi connectivity index (χ1) is 9.18. The Bertz CT molecular complexity index is 506. The van der Waals surface area contributed by atoms with Crippen LogP contribution in [0.15, 0.2) is 12.1 Å². The number of aryl methyl sites for hydroxylation is 2. The number of hydrazine groups is 1. The number of benzene rings is 1. The molecule has 1 aromatic rings. The van der Waals surface area contributed by atoms with Crippen molar-refractivity contribution in [2.75, 3.05) is 7.11 Å². The lowest BCUT2D eigenvalue weighted by atomic mass is 9.92. The van der Waals surface area contributed by atoms with Crippen molar-refractivity contribution in [1.29, 1.82) is 0 Å². The average Bonchev–Trinajstić information content (AvgIpc) is 2.76.